The summed E-state index contributed by atoms with van der Waals surface area (Å²) in [5.41, 5.74) is 2.79. The molecule has 0 atom stereocenters. The quantitative estimate of drug-likeness (QED) is 0.538. The van der Waals surface area contributed by atoms with Crippen molar-refractivity contribution >= 4 is 12.1 Å². The predicted molar refractivity (Wildman–Crippen MR) is 65.0 cm³/mol. The Morgan fingerprint density at radius 2 is 2.24 bits per heavy atom. The molecule has 5 heteroatoms. The molecule has 1 rings (SSSR count). The summed E-state index contributed by atoms with van der Waals surface area (Å²) in [6.45, 7) is 2.00. The molecule has 0 radical (unpaired) electrons. The minimum atomic E-state index is -0.152. The molecule has 0 aliphatic rings. The average Bonchev–Trinajstić information content (AvgIpc) is 2.29. The van der Waals surface area contributed by atoms with Gasteiger partial charge in [0.15, 0.2) is 0 Å². The molecular weight excluding hydrogens is 220 g/mol. The predicted octanol–water partition coefficient (Wildman–Crippen LogP) is 1.74. The second kappa shape index (κ2) is 6.52. The number of nitrogens with zero attached hydrogens (tertiary/aromatic N) is 1. The van der Waals surface area contributed by atoms with Gasteiger partial charge in [0.2, 0.25) is 5.91 Å². The van der Waals surface area contributed by atoms with Crippen molar-refractivity contribution in [3.05, 3.63) is 23.8 Å². The SMILES string of the molecule is CCCCC(=O)N/N=C/c1ccc(O)cc1O. The third-order valence-electron chi connectivity index (χ3n) is 2.16. The maximum atomic E-state index is 11.2. The normalized spacial score (nSPS) is 10.6. The first kappa shape index (κ1) is 13.0. The standard InChI is InChI=1S/C12H16N2O3/c1-2-3-4-12(17)14-13-8-9-5-6-10(15)7-11(9)16/h5-8,15-16H,2-4H2,1H3,(H,14,17)/b13-8+. The van der Waals surface area contributed by atoms with E-state index in [9.17, 15) is 9.90 Å². The summed E-state index contributed by atoms with van der Waals surface area (Å²) in [4.78, 5) is 11.2. The van der Waals surface area contributed by atoms with Crippen LogP contribution in [0.2, 0.25) is 0 Å². The smallest absolute Gasteiger partial charge is 0.240 e. The van der Waals surface area contributed by atoms with E-state index in [0.717, 1.165) is 12.8 Å². The number of phenolic OH excluding ortho intramolecular Hbond substituents is 2. The van der Waals surface area contributed by atoms with Crippen molar-refractivity contribution in [3.63, 3.8) is 0 Å². The molecule has 0 saturated heterocycles. The van der Waals surface area contributed by atoms with E-state index in [4.69, 9.17) is 5.11 Å². The van der Waals surface area contributed by atoms with Crippen LogP contribution in [0.3, 0.4) is 0 Å². The van der Waals surface area contributed by atoms with E-state index in [2.05, 4.69) is 10.5 Å². The minimum Gasteiger partial charge on any atom is -0.508 e. The molecule has 0 aliphatic heterocycles. The number of hydrogen-bond acceptors (Lipinski definition) is 4. The maximum absolute atomic E-state index is 11.2. The molecule has 0 saturated carbocycles. The van der Waals surface area contributed by atoms with Gasteiger partial charge in [0.1, 0.15) is 11.5 Å². The molecule has 3 N–H and O–H groups in total. The first-order chi connectivity index (χ1) is 8.13. The second-order valence-corrected chi connectivity index (χ2v) is 3.64. The number of phenols is 2. The minimum absolute atomic E-state index is 0.0216. The summed E-state index contributed by atoms with van der Waals surface area (Å²) >= 11 is 0. The van der Waals surface area contributed by atoms with Gasteiger partial charge in [-0.25, -0.2) is 5.43 Å². The van der Waals surface area contributed by atoms with E-state index < -0.39 is 0 Å². The molecule has 0 spiro atoms. The lowest BCUT2D eigenvalue weighted by atomic mass is 10.2. The second-order valence-electron chi connectivity index (χ2n) is 3.64. The molecule has 17 heavy (non-hydrogen) atoms. The van der Waals surface area contributed by atoms with Gasteiger partial charge in [-0.1, -0.05) is 13.3 Å². The zero-order valence-electron chi connectivity index (χ0n) is 9.68. The number of carbonyl (C=O) groups excluding carboxylic acids is 1. The molecule has 5 nitrogen and oxygen atoms in total. The maximum Gasteiger partial charge on any atom is 0.240 e. The molecule has 0 heterocycles. The Balaban J connectivity index is 2.50. The Morgan fingerprint density at radius 1 is 1.47 bits per heavy atom. The highest BCUT2D eigenvalue weighted by atomic mass is 16.3. The van der Waals surface area contributed by atoms with Crippen LogP contribution in [0, 0.1) is 0 Å². The Labute approximate surface area is 99.8 Å². The van der Waals surface area contributed by atoms with E-state index in [1.54, 1.807) is 0 Å². The fourth-order valence-electron chi connectivity index (χ4n) is 1.21. The summed E-state index contributed by atoms with van der Waals surface area (Å²) in [6.07, 6.45) is 3.55. The van der Waals surface area contributed by atoms with Crippen molar-refractivity contribution in [2.45, 2.75) is 26.2 Å². The molecule has 92 valence electrons. The van der Waals surface area contributed by atoms with Crippen molar-refractivity contribution in [2.75, 3.05) is 0 Å². The van der Waals surface area contributed by atoms with Crippen molar-refractivity contribution in [3.8, 4) is 11.5 Å². The molecule has 0 aliphatic carbocycles. The van der Waals surface area contributed by atoms with Crippen LogP contribution in [-0.2, 0) is 4.79 Å². The fourth-order valence-corrected chi connectivity index (χ4v) is 1.21. The first-order valence-corrected chi connectivity index (χ1v) is 5.47. The highest BCUT2D eigenvalue weighted by Gasteiger charge is 2.00. The molecule has 1 aromatic carbocycles. The lowest BCUT2D eigenvalue weighted by Gasteiger charge is -2.00. The van der Waals surface area contributed by atoms with Crippen molar-refractivity contribution < 1.29 is 15.0 Å². The summed E-state index contributed by atoms with van der Waals surface area (Å²) in [5.74, 6) is -0.260. The van der Waals surface area contributed by atoms with Crippen LogP contribution in [0.15, 0.2) is 23.3 Å². The number of benzene rings is 1. The Bertz CT molecular complexity index is 416. The van der Waals surface area contributed by atoms with E-state index >= 15 is 0 Å². The third-order valence-corrected chi connectivity index (χ3v) is 2.16. The van der Waals surface area contributed by atoms with E-state index in [-0.39, 0.29) is 17.4 Å². The van der Waals surface area contributed by atoms with Crippen LogP contribution in [0.4, 0.5) is 0 Å². The summed E-state index contributed by atoms with van der Waals surface area (Å²) in [5, 5.41) is 22.2. The number of unbranched alkanes of at least 4 members (excludes halogenated alkanes) is 1. The highest BCUT2D eigenvalue weighted by molar-refractivity contribution is 5.85. The van der Waals surface area contributed by atoms with Gasteiger partial charge in [-0.2, -0.15) is 5.10 Å². The van der Waals surface area contributed by atoms with Gasteiger partial charge in [0, 0.05) is 18.1 Å². The highest BCUT2D eigenvalue weighted by Crippen LogP contribution is 2.20. The van der Waals surface area contributed by atoms with E-state index in [0.29, 0.717) is 12.0 Å². The molecule has 0 aromatic heterocycles. The lowest BCUT2D eigenvalue weighted by Crippen LogP contribution is -2.16. The zero-order valence-corrected chi connectivity index (χ0v) is 9.68. The van der Waals surface area contributed by atoms with Gasteiger partial charge in [-0.15, -0.1) is 0 Å². The number of rotatable bonds is 5. The number of carbonyl (C=O) groups is 1. The fraction of sp³-hybridized carbons (Fsp3) is 0.333. The lowest BCUT2D eigenvalue weighted by molar-refractivity contribution is -0.121. The molecule has 1 aromatic rings. The van der Waals surface area contributed by atoms with Gasteiger partial charge in [-0.05, 0) is 18.6 Å². The molecule has 0 unspecified atom stereocenters. The summed E-state index contributed by atoms with van der Waals surface area (Å²) in [7, 11) is 0. The van der Waals surface area contributed by atoms with Gasteiger partial charge >= 0.3 is 0 Å². The Kier molecular flexibility index (Phi) is 5.00. The van der Waals surface area contributed by atoms with Gasteiger partial charge < -0.3 is 10.2 Å². The van der Waals surface area contributed by atoms with Crippen LogP contribution < -0.4 is 5.43 Å². The van der Waals surface area contributed by atoms with Gasteiger partial charge in [-0.3, -0.25) is 4.79 Å². The van der Waals surface area contributed by atoms with Crippen molar-refractivity contribution in [1.82, 2.24) is 5.43 Å². The van der Waals surface area contributed by atoms with Crippen LogP contribution in [0.25, 0.3) is 0 Å². The van der Waals surface area contributed by atoms with Gasteiger partial charge in [0.25, 0.3) is 0 Å². The molecule has 0 bridgehead atoms. The number of nitrogens with one attached hydrogen (secondary N) is 1. The van der Waals surface area contributed by atoms with E-state index in [1.165, 1.54) is 24.4 Å². The Hall–Kier alpha value is -2.04. The monoisotopic (exact) mass is 236 g/mol. The van der Waals surface area contributed by atoms with Crippen molar-refractivity contribution in [1.29, 1.82) is 0 Å². The summed E-state index contributed by atoms with van der Waals surface area (Å²) < 4.78 is 0. The van der Waals surface area contributed by atoms with E-state index in [1.807, 2.05) is 6.92 Å². The Morgan fingerprint density at radius 3 is 2.88 bits per heavy atom. The average molecular weight is 236 g/mol. The van der Waals surface area contributed by atoms with Crippen molar-refractivity contribution in [2.24, 2.45) is 5.10 Å². The van der Waals surface area contributed by atoms with Crippen LogP contribution in [0.1, 0.15) is 31.7 Å². The third kappa shape index (κ3) is 4.55. The number of hydrogen-bond donors (Lipinski definition) is 3. The topological polar surface area (TPSA) is 81.9 Å². The van der Waals surface area contributed by atoms with Crippen LogP contribution >= 0.6 is 0 Å². The number of aromatic hydroxyl groups is 2. The van der Waals surface area contributed by atoms with Crippen LogP contribution in [0.5, 0.6) is 11.5 Å². The number of amides is 1. The molecular formula is C12H16N2O3. The first-order valence-electron chi connectivity index (χ1n) is 5.47. The largest absolute Gasteiger partial charge is 0.508 e. The zero-order chi connectivity index (χ0) is 12.7. The number of hydrazone groups is 1. The van der Waals surface area contributed by atoms with Crippen LogP contribution in [-0.4, -0.2) is 22.3 Å². The van der Waals surface area contributed by atoms with Gasteiger partial charge in [0.05, 0.1) is 6.21 Å². The molecule has 1 amide bonds. The summed E-state index contributed by atoms with van der Waals surface area (Å²) in [6, 6.07) is 4.15. The molecule has 0 fully saturated rings.